The molecule has 1 heterocycles. The number of pyridine rings is 1. The number of benzene rings is 1. The summed E-state index contributed by atoms with van der Waals surface area (Å²) in [4.78, 5) is 15.9. The van der Waals surface area contributed by atoms with Gasteiger partial charge in [0.1, 0.15) is 0 Å². The highest BCUT2D eigenvalue weighted by Gasteiger charge is 2.17. The molecule has 112 valence electrons. The van der Waals surface area contributed by atoms with E-state index in [1.165, 1.54) is 18.5 Å². The minimum atomic E-state index is -3.88. The van der Waals surface area contributed by atoms with Crippen molar-refractivity contribution in [3.63, 3.8) is 0 Å². The van der Waals surface area contributed by atoms with E-state index < -0.39 is 15.5 Å². The van der Waals surface area contributed by atoms with E-state index >= 15 is 0 Å². The van der Waals surface area contributed by atoms with Gasteiger partial charge in [-0.1, -0.05) is 12.1 Å². The lowest BCUT2D eigenvalue weighted by molar-refractivity contribution is 0.402. The fourth-order valence-corrected chi connectivity index (χ4v) is 2.98. The van der Waals surface area contributed by atoms with Crippen LogP contribution in [0.15, 0.2) is 52.4 Å². The summed E-state index contributed by atoms with van der Waals surface area (Å²) in [7, 11) is 0.0292. The van der Waals surface area contributed by atoms with Crippen LogP contribution < -0.4 is 10.2 Å². The first kappa shape index (κ1) is 15.3. The highest BCUT2D eigenvalue weighted by Crippen LogP contribution is 2.14. The maximum atomic E-state index is 12.1. The maximum Gasteiger partial charge on any atom is 0.267 e. The molecule has 6 nitrogen and oxygen atoms in total. The Morgan fingerprint density at radius 1 is 1.14 bits per heavy atom. The third-order valence-corrected chi connectivity index (χ3v) is 4.19. The number of aromatic amines is 1. The number of nitrogens with zero attached hydrogens (tertiary/aromatic N) is 1. The lowest BCUT2D eigenvalue weighted by Gasteiger charge is -2.11. The van der Waals surface area contributed by atoms with Crippen LogP contribution in [0.4, 0.5) is 5.69 Å². The molecule has 21 heavy (non-hydrogen) atoms. The molecule has 2 rings (SSSR count). The van der Waals surface area contributed by atoms with Gasteiger partial charge in [0.25, 0.3) is 10.0 Å². The standard InChI is InChI=1S/C14H17N3O3S/c1-17(2)10-11-3-5-12(6-4-11)16-21(19,20)14-9-15-8-7-13(14)18/h3-9,16H,10H2,1-2H3,(H,15,18). The van der Waals surface area contributed by atoms with E-state index in [2.05, 4.69) is 9.71 Å². The first-order valence-electron chi connectivity index (χ1n) is 6.32. The Bertz CT molecular complexity index is 765. The summed E-state index contributed by atoms with van der Waals surface area (Å²) in [5.41, 5.74) is 0.937. The van der Waals surface area contributed by atoms with Gasteiger partial charge in [-0.25, -0.2) is 8.42 Å². The monoisotopic (exact) mass is 307 g/mol. The fraction of sp³-hybridized carbons (Fsp3) is 0.214. The van der Waals surface area contributed by atoms with Crippen molar-refractivity contribution in [1.82, 2.24) is 9.88 Å². The Kier molecular flexibility index (Phi) is 4.44. The Hall–Kier alpha value is -2.12. The van der Waals surface area contributed by atoms with Crippen molar-refractivity contribution in [3.8, 4) is 0 Å². The molecule has 0 radical (unpaired) electrons. The van der Waals surface area contributed by atoms with Gasteiger partial charge in [-0.3, -0.25) is 9.52 Å². The molecule has 0 aliphatic carbocycles. The predicted octanol–water partition coefficient (Wildman–Crippen LogP) is 1.24. The zero-order valence-electron chi connectivity index (χ0n) is 11.8. The molecule has 0 saturated carbocycles. The SMILES string of the molecule is CN(C)Cc1ccc(NS(=O)(=O)c2c[nH]ccc2=O)cc1. The highest BCUT2D eigenvalue weighted by molar-refractivity contribution is 7.92. The Labute approximate surface area is 123 Å². The first-order valence-corrected chi connectivity index (χ1v) is 7.80. The summed E-state index contributed by atoms with van der Waals surface area (Å²) in [6.45, 7) is 0.769. The molecular weight excluding hydrogens is 290 g/mol. The minimum Gasteiger partial charge on any atom is -0.366 e. The van der Waals surface area contributed by atoms with Crippen LogP contribution in [0.1, 0.15) is 5.56 Å². The summed E-state index contributed by atoms with van der Waals surface area (Å²) in [5, 5.41) is 0. The average Bonchev–Trinajstić information content (AvgIpc) is 2.40. The van der Waals surface area contributed by atoms with Gasteiger partial charge >= 0.3 is 0 Å². The van der Waals surface area contributed by atoms with E-state index in [4.69, 9.17) is 0 Å². The van der Waals surface area contributed by atoms with Crippen LogP contribution in [0.2, 0.25) is 0 Å². The molecule has 7 heteroatoms. The number of rotatable bonds is 5. The van der Waals surface area contributed by atoms with Gasteiger partial charge in [0.2, 0.25) is 5.43 Å². The van der Waals surface area contributed by atoms with Crippen LogP contribution in [0.3, 0.4) is 0 Å². The zero-order valence-corrected chi connectivity index (χ0v) is 12.6. The van der Waals surface area contributed by atoms with Gasteiger partial charge < -0.3 is 9.88 Å². The van der Waals surface area contributed by atoms with Crippen molar-refractivity contribution in [2.45, 2.75) is 11.4 Å². The number of aromatic nitrogens is 1. The first-order chi connectivity index (χ1) is 9.88. The topological polar surface area (TPSA) is 82.3 Å². The van der Waals surface area contributed by atoms with E-state index in [0.29, 0.717) is 5.69 Å². The van der Waals surface area contributed by atoms with E-state index in [0.717, 1.165) is 12.1 Å². The molecule has 0 atom stereocenters. The number of hydrogen-bond donors (Lipinski definition) is 2. The molecule has 0 saturated heterocycles. The van der Waals surface area contributed by atoms with Crippen molar-refractivity contribution in [2.75, 3.05) is 18.8 Å². The molecule has 0 spiro atoms. The molecule has 0 bridgehead atoms. The third-order valence-electron chi connectivity index (χ3n) is 2.78. The van der Waals surface area contributed by atoms with Crippen molar-refractivity contribution >= 4 is 15.7 Å². The molecule has 0 aliphatic heterocycles. The van der Waals surface area contributed by atoms with Crippen LogP contribution in [0, 0.1) is 0 Å². The van der Waals surface area contributed by atoms with E-state index in [-0.39, 0.29) is 4.90 Å². The highest BCUT2D eigenvalue weighted by atomic mass is 32.2. The molecule has 0 aliphatic rings. The van der Waals surface area contributed by atoms with Crippen LogP contribution in [0.5, 0.6) is 0 Å². The van der Waals surface area contributed by atoms with Gasteiger partial charge in [-0.15, -0.1) is 0 Å². The van der Waals surface area contributed by atoms with Crippen LogP contribution in [-0.2, 0) is 16.6 Å². The largest absolute Gasteiger partial charge is 0.366 e. The van der Waals surface area contributed by atoms with E-state index in [1.807, 2.05) is 31.1 Å². The lowest BCUT2D eigenvalue weighted by atomic mass is 10.2. The number of anilines is 1. The molecule has 2 N–H and O–H groups in total. The average molecular weight is 307 g/mol. The summed E-state index contributed by atoms with van der Waals surface area (Å²) < 4.78 is 26.7. The van der Waals surface area contributed by atoms with Crippen LogP contribution >= 0.6 is 0 Å². The van der Waals surface area contributed by atoms with Crippen LogP contribution in [-0.4, -0.2) is 32.4 Å². The quantitative estimate of drug-likeness (QED) is 0.870. The maximum absolute atomic E-state index is 12.1. The summed E-state index contributed by atoms with van der Waals surface area (Å²) >= 11 is 0. The Morgan fingerprint density at radius 2 is 1.81 bits per heavy atom. The van der Waals surface area contributed by atoms with Gasteiger partial charge in [0.15, 0.2) is 4.90 Å². The fourth-order valence-electron chi connectivity index (χ4n) is 1.86. The van der Waals surface area contributed by atoms with Gasteiger partial charge in [-0.05, 0) is 31.8 Å². The van der Waals surface area contributed by atoms with Crippen molar-refractivity contribution < 1.29 is 8.42 Å². The van der Waals surface area contributed by atoms with Gasteiger partial charge in [-0.2, -0.15) is 0 Å². The second kappa shape index (κ2) is 6.11. The molecule has 2 aromatic rings. The smallest absolute Gasteiger partial charge is 0.267 e. The Morgan fingerprint density at radius 3 is 2.38 bits per heavy atom. The molecule has 0 fully saturated rings. The van der Waals surface area contributed by atoms with Gasteiger partial charge in [0, 0.05) is 30.7 Å². The number of sulfonamides is 1. The van der Waals surface area contributed by atoms with Crippen molar-refractivity contribution in [2.24, 2.45) is 0 Å². The molecule has 1 aromatic carbocycles. The molecule has 0 amide bonds. The van der Waals surface area contributed by atoms with Crippen molar-refractivity contribution in [1.29, 1.82) is 0 Å². The second-order valence-electron chi connectivity index (χ2n) is 4.91. The molecule has 1 aromatic heterocycles. The van der Waals surface area contributed by atoms with Gasteiger partial charge in [0.05, 0.1) is 0 Å². The normalized spacial score (nSPS) is 11.6. The summed E-state index contributed by atoms with van der Waals surface area (Å²) in [5.74, 6) is 0. The van der Waals surface area contributed by atoms with Crippen molar-refractivity contribution in [3.05, 3.63) is 58.5 Å². The number of nitrogens with one attached hydrogen (secondary N) is 2. The minimum absolute atomic E-state index is 0.303. The Balaban J connectivity index is 2.21. The van der Waals surface area contributed by atoms with E-state index in [1.54, 1.807) is 12.1 Å². The lowest BCUT2D eigenvalue weighted by Crippen LogP contribution is -2.20. The third kappa shape index (κ3) is 3.93. The summed E-state index contributed by atoms with van der Waals surface area (Å²) in [6.07, 6.45) is 2.56. The second-order valence-corrected chi connectivity index (χ2v) is 6.56. The van der Waals surface area contributed by atoms with E-state index in [9.17, 15) is 13.2 Å². The van der Waals surface area contributed by atoms with Crippen LogP contribution in [0.25, 0.3) is 0 Å². The predicted molar refractivity (Wildman–Crippen MR) is 81.7 cm³/mol. The zero-order chi connectivity index (χ0) is 15.5. The molecular formula is C14H17N3O3S. The molecule has 0 unspecified atom stereocenters. The summed E-state index contributed by atoms with van der Waals surface area (Å²) in [6, 6.07) is 8.20. The number of hydrogen-bond acceptors (Lipinski definition) is 4. The number of H-pyrrole nitrogens is 1.